The second-order valence-electron chi connectivity index (χ2n) is 6.75. The minimum Gasteiger partial charge on any atom is -0.481 e. The number of hydrogen-bond donors (Lipinski definition) is 1. The van der Waals surface area contributed by atoms with Crippen molar-refractivity contribution in [2.24, 2.45) is 5.92 Å². The third-order valence-corrected chi connectivity index (χ3v) is 5.00. The Bertz CT molecular complexity index is 887. The van der Waals surface area contributed by atoms with E-state index in [-0.39, 0.29) is 18.2 Å². The average Bonchev–Trinajstić information content (AvgIpc) is 3.13. The molecule has 1 heterocycles. The highest BCUT2D eigenvalue weighted by molar-refractivity contribution is 6.15. The monoisotopic (exact) mass is 351 g/mol. The molecule has 0 radical (unpaired) electrons. The second-order valence-corrected chi connectivity index (χ2v) is 6.75. The van der Waals surface area contributed by atoms with Crippen LogP contribution in [0.5, 0.6) is 0 Å². The minimum absolute atomic E-state index is 0.181. The summed E-state index contributed by atoms with van der Waals surface area (Å²) in [6.07, 6.45) is 0.439. The van der Waals surface area contributed by atoms with Gasteiger partial charge in [-0.25, -0.2) is 0 Å². The van der Waals surface area contributed by atoms with Gasteiger partial charge < -0.3 is 10.0 Å². The van der Waals surface area contributed by atoms with Crippen LogP contribution in [-0.2, 0) is 4.79 Å². The van der Waals surface area contributed by atoms with Crippen molar-refractivity contribution >= 4 is 17.7 Å². The quantitative estimate of drug-likeness (QED) is 0.859. The highest BCUT2D eigenvalue weighted by atomic mass is 16.4. The number of ketones is 1. The molecule has 1 amide bonds. The van der Waals surface area contributed by atoms with E-state index in [0.29, 0.717) is 29.7 Å². The number of nitrogens with zero attached hydrogens (tertiary/aromatic N) is 1. The van der Waals surface area contributed by atoms with Crippen LogP contribution in [0.15, 0.2) is 42.5 Å². The number of benzene rings is 2. The van der Waals surface area contributed by atoms with Gasteiger partial charge in [0.1, 0.15) is 0 Å². The van der Waals surface area contributed by atoms with Gasteiger partial charge in [0.15, 0.2) is 5.78 Å². The lowest BCUT2D eigenvalue weighted by Crippen LogP contribution is -2.31. The van der Waals surface area contributed by atoms with Gasteiger partial charge in [0.2, 0.25) is 0 Å². The van der Waals surface area contributed by atoms with E-state index in [0.717, 1.165) is 11.1 Å². The van der Waals surface area contributed by atoms with Crippen LogP contribution in [0.3, 0.4) is 0 Å². The molecule has 5 nitrogen and oxygen atoms in total. The summed E-state index contributed by atoms with van der Waals surface area (Å²) in [5.74, 6) is -1.92. The molecule has 1 aliphatic rings. The molecule has 0 aliphatic carbocycles. The van der Waals surface area contributed by atoms with Crippen LogP contribution in [0.4, 0.5) is 0 Å². The van der Waals surface area contributed by atoms with Crippen LogP contribution in [0, 0.1) is 19.8 Å². The molecule has 1 saturated heterocycles. The third kappa shape index (κ3) is 3.38. The number of hydrogen-bond acceptors (Lipinski definition) is 3. The van der Waals surface area contributed by atoms with Crippen LogP contribution in [0.2, 0.25) is 0 Å². The Morgan fingerprint density at radius 2 is 1.69 bits per heavy atom. The average molecular weight is 351 g/mol. The van der Waals surface area contributed by atoms with Crippen LogP contribution >= 0.6 is 0 Å². The molecule has 1 unspecified atom stereocenters. The topological polar surface area (TPSA) is 74.7 Å². The Kier molecular flexibility index (Phi) is 4.89. The molecule has 0 aromatic heterocycles. The number of rotatable bonds is 4. The molecule has 2 aromatic carbocycles. The van der Waals surface area contributed by atoms with Gasteiger partial charge >= 0.3 is 5.97 Å². The van der Waals surface area contributed by atoms with Crippen molar-refractivity contribution in [2.75, 3.05) is 13.1 Å². The van der Waals surface area contributed by atoms with E-state index in [9.17, 15) is 14.4 Å². The van der Waals surface area contributed by atoms with Crippen LogP contribution < -0.4 is 0 Å². The smallest absolute Gasteiger partial charge is 0.308 e. The SMILES string of the molecule is Cc1ccc(C(=O)c2ccccc2C(=O)N2CCC(C(=O)O)C2)cc1C. The van der Waals surface area contributed by atoms with Crippen molar-refractivity contribution in [2.45, 2.75) is 20.3 Å². The summed E-state index contributed by atoms with van der Waals surface area (Å²) in [5.41, 5.74) is 3.32. The summed E-state index contributed by atoms with van der Waals surface area (Å²) < 4.78 is 0. The van der Waals surface area contributed by atoms with Gasteiger partial charge in [0, 0.05) is 24.2 Å². The van der Waals surface area contributed by atoms with Gasteiger partial charge in [0.05, 0.1) is 11.5 Å². The first-order chi connectivity index (χ1) is 12.4. The molecule has 1 aliphatic heterocycles. The van der Waals surface area contributed by atoms with Crippen LogP contribution in [0.1, 0.15) is 43.8 Å². The number of likely N-dealkylation sites (tertiary alicyclic amines) is 1. The van der Waals surface area contributed by atoms with Gasteiger partial charge in [-0.15, -0.1) is 0 Å². The normalized spacial score (nSPS) is 16.5. The zero-order valence-corrected chi connectivity index (χ0v) is 14.9. The van der Waals surface area contributed by atoms with Crippen molar-refractivity contribution in [3.63, 3.8) is 0 Å². The van der Waals surface area contributed by atoms with Gasteiger partial charge in [-0.3, -0.25) is 14.4 Å². The molecule has 3 rings (SSSR count). The Hall–Kier alpha value is -2.95. The van der Waals surface area contributed by atoms with E-state index in [1.54, 1.807) is 30.3 Å². The maximum absolute atomic E-state index is 13.0. The predicted molar refractivity (Wildman–Crippen MR) is 97.4 cm³/mol. The first-order valence-corrected chi connectivity index (χ1v) is 8.61. The maximum atomic E-state index is 13.0. The molecule has 0 saturated carbocycles. The number of carbonyl (C=O) groups excluding carboxylic acids is 2. The van der Waals surface area contributed by atoms with E-state index in [1.165, 1.54) is 4.90 Å². The van der Waals surface area contributed by atoms with Crippen molar-refractivity contribution in [3.8, 4) is 0 Å². The van der Waals surface area contributed by atoms with Gasteiger partial charge in [0.25, 0.3) is 5.91 Å². The van der Waals surface area contributed by atoms with Crippen molar-refractivity contribution < 1.29 is 19.5 Å². The summed E-state index contributed by atoms with van der Waals surface area (Å²) >= 11 is 0. The zero-order valence-electron chi connectivity index (χ0n) is 14.9. The lowest BCUT2D eigenvalue weighted by atomic mass is 9.95. The van der Waals surface area contributed by atoms with E-state index < -0.39 is 11.9 Å². The lowest BCUT2D eigenvalue weighted by Gasteiger charge is -2.18. The fourth-order valence-corrected chi connectivity index (χ4v) is 3.22. The van der Waals surface area contributed by atoms with E-state index in [4.69, 9.17) is 5.11 Å². The number of aliphatic carboxylic acids is 1. The van der Waals surface area contributed by atoms with Crippen molar-refractivity contribution in [1.82, 2.24) is 4.90 Å². The molecule has 0 bridgehead atoms. The standard InChI is InChI=1S/C21H21NO4/c1-13-7-8-15(11-14(13)2)19(23)17-5-3-4-6-18(17)20(24)22-10-9-16(12-22)21(25)26/h3-8,11,16H,9-10,12H2,1-2H3,(H,25,26). The number of carboxylic acids is 1. The number of carbonyl (C=O) groups is 3. The molecule has 26 heavy (non-hydrogen) atoms. The molecule has 134 valence electrons. The summed E-state index contributed by atoms with van der Waals surface area (Å²) in [5, 5.41) is 9.13. The number of aryl methyl sites for hydroxylation is 2. The fraction of sp³-hybridized carbons (Fsp3) is 0.286. The largest absolute Gasteiger partial charge is 0.481 e. The predicted octanol–water partition coefficient (Wildman–Crippen LogP) is 3.08. The third-order valence-electron chi connectivity index (χ3n) is 5.00. The first kappa shape index (κ1) is 17.9. The highest BCUT2D eigenvalue weighted by Crippen LogP contribution is 2.22. The maximum Gasteiger partial charge on any atom is 0.308 e. The molecule has 1 atom stereocenters. The molecule has 5 heteroatoms. The summed E-state index contributed by atoms with van der Waals surface area (Å²) in [6.45, 7) is 4.50. The van der Waals surface area contributed by atoms with Crippen LogP contribution in [0.25, 0.3) is 0 Å². The molecular formula is C21H21NO4. The molecule has 1 N–H and O–H groups in total. The molecule has 1 fully saturated rings. The fourth-order valence-electron chi connectivity index (χ4n) is 3.22. The summed E-state index contributed by atoms with van der Waals surface area (Å²) in [6, 6.07) is 12.2. The second kappa shape index (κ2) is 7.12. The van der Waals surface area contributed by atoms with E-state index in [2.05, 4.69) is 0 Å². The lowest BCUT2D eigenvalue weighted by molar-refractivity contribution is -0.141. The first-order valence-electron chi connectivity index (χ1n) is 8.61. The molecule has 0 spiro atoms. The van der Waals surface area contributed by atoms with E-state index >= 15 is 0 Å². The molecule has 2 aromatic rings. The number of amides is 1. The van der Waals surface area contributed by atoms with Crippen LogP contribution in [-0.4, -0.2) is 40.8 Å². The van der Waals surface area contributed by atoms with Gasteiger partial charge in [-0.2, -0.15) is 0 Å². The van der Waals surface area contributed by atoms with Crippen molar-refractivity contribution in [3.05, 3.63) is 70.3 Å². The van der Waals surface area contributed by atoms with E-state index in [1.807, 2.05) is 26.0 Å². The summed E-state index contributed by atoms with van der Waals surface area (Å²) in [4.78, 5) is 38.5. The van der Waals surface area contributed by atoms with Gasteiger partial charge in [-0.05, 0) is 43.5 Å². The molecular weight excluding hydrogens is 330 g/mol. The Labute approximate surface area is 152 Å². The van der Waals surface area contributed by atoms with Gasteiger partial charge in [-0.1, -0.05) is 30.3 Å². The summed E-state index contributed by atoms with van der Waals surface area (Å²) in [7, 11) is 0. The Morgan fingerprint density at radius 1 is 1.00 bits per heavy atom. The zero-order chi connectivity index (χ0) is 18.8. The highest BCUT2D eigenvalue weighted by Gasteiger charge is 2.32. The Balaban J connectivity index is 1.91. The van der Waals surface area contributed by atoms with Crippen molar-refractivity contribution in [1.29, 1.82) is 0 Å². The minimum atomic E-state index is -0.889. The number of carboxylic acid groups (broad SMARTS) is 1. The Morgan fingerprint density at radius 3 is 2.31 bits per heavy atom.